The van der Waals surface area contributed by atoms with Crippen molar-refractivity contribution < 1.29 is 22.4 Å². The maximum atomic E-state index is 13.8. The third-order valence-corrected chi connectivity index (χ3v) is 8.37. The summed E-state index contributed by atoms with van der Waals surface area (Å²) < 4.78 is 48.0. The molecule has 2 aromatic heterocycles. The molecule has 0 bridgehead atoms. The Bertz CT molecular complexity index is 1510. The summed E-state index contributed by atoms with van der Waals surface area (Å²) in [5, 5.41) is 5.49. The molecule has 1 aliphatic carbocycles. The minimum absolute atomic E-state index is 0.0759. The third kappa shape index (κ3) is 5.16. The first-order chi connectivity index (χ1) is 17.2. The maximum absolute atomic E-state index is 13.8. The van der Waals surface area contributed by atoms with Crippen molar-refractivity contribution >= 4 is 53.2 Å². The van der Waals surface area contributed by atoms with E-state index in [1.165, 1.54) is 12.1 Å². The molecule has 3 N–H and O–H groups in total. The van der Waals surface area contributed by atoms with Gasteiger partial charge in [0.1, 0.15) is 0 Å². The number of alkyl halides is 3. The minimum atomic E-state index is -4.71. The fourth-order valence-electron chi connectivity index (χ4n) is 3.74. The van der Waals surface area contributed by atoms with E-state index in [-0.39, 0.29) is 17.7 Å². The van der Waals surface area contributed by atoms with Crippen LogP contribution in [0.4, 0.5) is 24.8 Å². The molecule has 0 aliphatic heterocycles. The van der Waals surface area contributed by atoms with Crippen LogP contribution < -0.4 is 25.2 Å². The number of amides is 1. The molecule has 12 heteroatoms. The van der Waals surface area contributed by atoms with Crippen LogP contribution in [0.2, 0.25) is 0 Å². The molecule has 8 nitrogen and oxygen atoms in total. The van der Waals surface area contributed by atoms with Crippen LogP contribution in [-0.4, -0.2) is 42.7 Å². The van der Waals surface area contributed by atoms with Gasteiger partial charge >= 0.3 is 203 Å². The van der Waals surface area contributed by atoms with E-state index in [4.69, 9.17) is 4.42 Å². The average molecular weight is 558 g/mol. The van der Waals surface area contributed by atoms with Crippen LogP contribution in [0.15, 0.2) is 51.8 Å². The van der Waals surface area contributed by atoms with Crippen LogP contribution in [0, 0.1) is 6.92 Å². The number of aromatic amines is 1. The van der Waals surface area contributed by atoms with Gasteiger partial charge in [-0.3, -0.25) is 0 Å². The predicted molar refractivity (Wildman–Crippen MR) is 128 cm³/mol. The Labute approximate surface area is 209 Å². The van der Waals surface area contributed by atoms with Gasteiger partial charge in [-0.25, -0.2) is 0 Å². The van der Waals surface area contributed by atoms with Crippen LogP contribution >= 0.6 is 0 Å². The van der Waals surface area contributed by atoms with E-state index in [1.807, 2.05) is 19.1 Å². The molecule has 0 unspecified atom stereocenters. The second kappa shape index (κ2) is 9.46. The van der Waals surface area contributed by atoms with E-state index in [1.54, 1.807) is 12.3 Å². The van der Waals surface area contributed by atoms with E-state index < -0.39 is 44.7 Å². The van der Waals surface area contributed by atoms with E-state index in [9.17, 15) is 22.8 Å². The number of nitrogens with one attached hydrogen (secondary N) is 3. The van der Waals surface area contributed by atoms with Crippen molar-refractivity contribution in [2.45, 2.75) is 38.4 Å². The molecule has 0 atom stereocenters. The molecule has 1 amide bonds. The number of carbonyl (C=O) groups is 1. The third-order valence-electron chi connectivity index (χ3n) is 5.85. The molecule has 1 fully saturated rings. The van der Waals surface area contributed by atoms with Crippen molar-refractivity contribution in [3.05, 3.63) is 69.8 Å². The molecular weight excluding hydrogens is 538 g/mol. The summed E-state index contributed by atoms with van der Waals surface area (Å²) in [7, 11) is 0. The number of halogens is 3. The predicted octanol–water partition coefficient (Wildman–Crippen LogP) is 2.92. The monoisotopic (exact) mass is 558 g/mol. The second-order valence-electron chi connectivity index (χ2n) is 8.49. The summed E-state index contributed by atoms with van der Waals surface area (Å²) in [5.74, 6) is -1.12. The summed E-state index contributed by atoms with van der Waals surface area (Å²) in [6.07, 6.45) is -0.603. The molecule has 1 radical (unpaired) electrons. The van der Waals surface area contributed by atoms with Gasteiger partial charge in [0.05, 0.1) is 0 Å². The SMILES string of the molecule is Cc1cnc(Nc2ccc(C(=O)NC3CCC3)c(C(F)(F)F)c2)nc1[As]c1ccc2oc(=O)[nH]c2c1. The first-order valence-corrected chi connectivity index (χ1v) is 13.0. The second-order valence-corrected chi connectivity index (χ2v) is 10.9. The summed E-state index contributed by atoms with van der Waals surface area (Å²) in [6, 6.07) is 8.76. The number of carbonyl (C=O) groups excluding carboxylic acids is 1. The quantitative estimate of drug-likeness (QED) is 0.314. The van der Waals surface area contributed by atoms with E-state index in [0.717, 1.165) is 39.7 Å². The van der Waals surface area contributed by atoms with Crippen molar-refractivity contribution in [1.29, 1.82) is 0 Å². The zero-order valence-corrected chi connectivity index (χ0v) is 20.8. The fraction of sp³-hybridized carbons (Fsp3) is 0.250. The number of oxazole rings is 1. The molecule has 5 rings (SSSR count). The summed E-state index contributed by atoms with van der Waals surface area (Å²) in [5.41, 5.74) is 0.552. The number of nitrogens with zero attached hydrogens (tertiary/aromatic N) is 2. The fourth-order valence-corrected chi connectivity index (χ4v) is 5.76. The van der Waals surface area contributed by atoms with E-state index in [2.05, 4.69) is 25.6 Å². The molecule has 1 saturated carbocycles. The topological polar surface area (TPSA) is 113 Å². The zero-order chi connectivity index (χ0) is 25.4. The molecule has 2 heterocycles. The first kappa shape index (κ1) is 24.1. The summed E-state index contributed by atoms with van der Waals surface area (Å²) in [6.45, 7) is 1.85. The van der Waals surface area contributed by atoms with Gasteiger partial charge in [-0.2, -0.15) is 0 Å². The van der Waals surface area contributed by atoms with Crippen LogP contribution in [-0.2, 0) is 6.18 Å². The molecule has 4 aromatic rings. The van der Waals surface area contributed by atoms with Gasteiger partial charge in [0, 0.05) is 0 Å². The Morgan fingerprint density at radius 1 is 1.19 bits per heavy atom. The van der Waals surface area contributed by atoms with Crippen molar-refractivity contribution in [2.75, 3.05) is 5.32 Å². The van der Waals surface area contributed by atoms with Crippen molar-refractivity contribution in [3.63, 3.8) is 0 Å². The molecule has 185 valence electrons. The van der Waals surface area contributed by atoms with Gasteiger partial charge < -0.3 is 0 Å². The van der Waals surface area contributed by atoms with Gasteiger partial charge in [-0.15, -0.1) is 0 Å². The number of hydrogen-bond donors (Lipinski definition) is 3. The van der Waals surface area contributed by atoms with Gasteiger partial charge in [0.25, 0.3) is 0 Å². The number of benzene rings is 2. The number of hydrogen-bond acceptors (Lipinski definition) is 6. The van der Waals surface area contributed by atoms with Gasteiger partial charge in [0.2, 0.25) is 0 Å². The summed E-state index contributed by atoms with van der Waals surface area (Å²) in [4.78, 5) is 35.2. The Hall–Kier alpha value is -3.59. The molecule has 1 aliphatic rings. The number of aromatic nitrogens is 3. The van der Waals surface area contributed by atoms with Gasteiger partial charge in [-0.1, -0.05) is 0 Å². The van der Waals surface area contributed by atoms with Crippen LogP contribution in [0.1, 0.15) is 40.7 Å². The standard InChI is InChI=1S/C24H20AsF3N5O3/c1-12-11-29-22(33-20(12)25-13-5-8-19-18(9-13)32-23(35)36-19)31-15-6-7-16(17(10-15)24(26,27)28)21(34)30-14-3-2-4-14/h5-11,14H,2-4H2,1H3,(H,30,34)(H,32,35)(H,29,31,33). The van der Waals surface area contributed by atoms with Crippen molar-refractivity contribution in [3.8, 4) is 0 Å². The van der Waals surface area contributed by atoms with Crippen molar-refractivity contribution in [1.82, 2.24) is 20.3 Å². The number of anilines is 2. The van der Waals surface area contributed by atoms with E-state index >= 15 is 0 Å². The van der Waals surface area contributed by atoms with Crippen LogP contribution in [0.25, 0.3) is 11.1 Å². The molecular formula is C24H20AsF3N5O3. The molecule has 36 heavy (non-hydrogen) atoms. The van der Waals surface area contributed by atoms with Crippen LogP contribution in [0.3, 0.4) is 0 Å². The Morgan fingerprint density at radius 3 is 2.72 bits per heavy atom. The normalized spacial score (nSPS) is 14.3. The Balaban J connectivity index is 1.38. The molecule has 2 aromatic carbocycles. The molecule has 0 spiro atoms. The summed E-state index contributed by atoms with van der Waals surface area (Å²) >= 11 is -0.609. The van der Waals surface area contributed by atoms with Gasteiger partial charge in [0.15, 0.2) is 0 Å². The number of H-pyrrole nitrogens is 1. The zero-order valence-electron chi connectivity index (χ0n) is 18.9. The Morgan fingerprint density at radius 2 is 2.00 bits per heavy atom. The molecule has 0 saturated heterocycles. The van der Waals surface area contributed by atoms with Crippen LogP contribution in [0.5, 0.6) is 0 Å². The number of fused-ring (bicyclic) bond motifs is 1. The van der Waals surface area contributed by atoms with Crippen molar-refractivity contribution in [2.24, 2.45) is 0 Å². The Kier molecular flexibility index (Phi) is 6.34. The first-order valence-electron chi connectivity index (χ1n) is 11.1. The van der Waals surface area contributed by atoms with Gasteiger partial charge in [-0.05, 0) is 6.42 Å². The van der Waals surface area contributed by atoms with E-state index in [0.29, 0.717) is 11.1 Å². The average Bonchev–Trinajstić information content (AvgIpc) is 3.17. The number of aryl methyl sites for hydroxylation is 1. The number of rotatable bonds is 6.